The summed E-state index contributed by atoms with van der Waals surface area (Å²) >= 11 is 0. The second-order valence-electron chi connectivity index (χ2n) is 11.5. The molecule has 2 aliphatic rings. The van der Waals surface area contributed by atoms with Crippen LogP contribution in [0.15, 0.2) is 78.0 Å². The molecule has 6 rings (SSSR count). The molecular formula is C32H37N5O3. The van der Waals surface area contributed by atoms with Gasteiger partial charge in [-0.15, -0.1) is 0 Å². The second-order valence-corrected chi connectivity index (χ2v) is 11.5. The minimum atomic E-state index is -1.05. The van der Waals surface area contributed by atoms with Crippen LogP contribution < -0.4 is 5.56 Å². The number of carbonyl (C=O) groups excluding carboxylic acids is 1. The topological polar surface area (TPSA) is 94.5 Å². The fourth-order valence-electron chi connectivity index (χ4n) is 6.47. The molecular weight excluding hydrogens is 502 g/mol. The molecule has 0 unspecified atom stereocenters. The maximum absolute atomic E-state index is 14.0. The maximum atomic E-state index is 14.0. The van der Waals surface area contributed by atoms with Crippen molar-refractivity contribution in [2.45, 2.75) is 50.8 Å². The fourth-order valence-corrected chi connectivity index (χ4v) is 6.47. The molecule has 2 aromatic heterocycles. The fraction of sp³-hybridized carbons (Fsp3) is 0.406. The van der Waals surface area contributed by atoms with E-state index in [-0.39, 0.29) is 29.8 Å². The van der Waals surface area contributed by atoms with Gasteiger partial charge in [-0.2, -0.15) is 0 Å². The number of aliphatic hydroxyl groups is 1. The Morgan fingerprint density at radius 3 is 2.58 bits per heavy atom. The second kappa shape index (κ2) is 11.0. The standard InChI is InChI=1S/C32H37N5O3/c1-23-7-5-6-10-25(23)19-35-16-12-26(28(20-35)24-8-3-2-4-9-24)30(38)36-17-13-32(40,14-18-36)21-37-22-34-29-27(31(37)39)11-15-33-29/h2-11,15,22,26,28,33,40H,12-14,16-21H2,1H3/t26-,28+/m1/s1. The van der Waals surface area contributed by atoms with Crippen molar-refractivity contribution in [3.63, 3.8) is 0 Å². The summed E-state index contributed by atoms with van der Waals surface area (Å²) in [5, 5.41) is 11.9. The molecule has 208 valence electrons. The first-order valence-corrected chi connectivity index (χ1v) is 14.3. The van der Waals surface area contributed by atoms with E-state index in [0.29, 0.717) is 37.0 Å². The van der Waals surface area contributed by atoms with E-state index in [1.165, 1.54) is 27.6 Å². The first-order valence-electron chi connectivity index (χ1n) is 14.3. The van der Waals surface area contributed by atoms with Gasteiger partial charge in [0.25, 0.3) is 5.56 Å². The minimum absolute atomic E-state index is 0.0930. The van der Waals surface area contributed by atoms with Gasteiger partial charge in [-0.3, -0.25) is 19.1 Å². The van der Waals surface area contributed by atoms with Gasteiger partial charge in [0.05, 0.1) is 23.9 Å². The van der Waals surface area contributed by atoms with Crippen molar-refractivity contribution in [3.8, 4) is 0 Å². The zero-order valence-electron chi connectivity index (χ0n) is 23.0. The Kier molecular flexibility index (Phi) is 7.29. The van der Waals surface area contributed by atoms with Crippen molar-refractivity contribution in [1.82, 2.24) is 24.3 Å². The van der Waals surface area contributed by atoms with Crippen LogP contribution in [0, 0.1) is 12.8 Å². The normalized spacial score (nSPS) is 21.5. The number of benzene rings is 2. The number of amides is 1. The lowest BCUT2D eigenvalue weighted by molar-refractivity contribution is -0.142. The monoisotopic (exact) mass is 539 g/mol. The number of H-pyrrole nitrogens is 1. The molecule has 4 heterocycles. The van der Waals surface area contributed by atoms with Gasteiger partial charge in [-0.05, 0) is 55.5 Å². The van der Waals surface area contributed by atoms with Gasteiger partial charge in [-0.1, -0.05) is 54.6 Å². The van der Waals surface area contributed by atoms with E-state index in [4.69, 9.17) is 0 Å². The molecule has 8 nitrogen and oxygen atoms in total. The average molecular weight is 540 g/mol. The van der Waals surface area contributed by atoms with Gasteiger partial charge < -0.3 is 15.0 Å². The number of likely N-dealkylation sites (tertiary alicyclic amines) is 2. The molecule has 0 bridgehead atoms. The van der Waals surface area contributed by atoms with Gasteiger partial charge in [0.15, 0.2) is 0 Å². The third-order valence-electron chi connectivity index (χ3n) is 8.91. The summed E-state index contributed by atoms with van der Waals surface area (Å²) in [4.78, 5) is 38.5. The number of carbonyl (C=O) groups is 1. The van der Waals surface area contributed by atoms with Crippen LogP contribution in [0.2, 0.25) is 0 Å². The van der Waals surface area contributed by atoms with Gasteiger partial charge in [0.2, 0.25) is 5.91 Å². The molecule has 0 aliphatic carbocycles. The molecule has 2 aromatic carbocycles. The van der Waals surface area contributed by atoms with E-state index in [2.05, 4.69) is 70.3 Å². The number of nitrogens with one attached hydrogen (secondary N) is 1. The van der Waals surface area contributed by atoms with E-state index >= 15 is 0 Å². The zero-order chi connectivity index (χ0) is 27.7. The van der Waals surface area contributed by atoms with Crippen LogP contribution in [-0.2, 0) is 17.9 Å². The molecule has 2 N–H and O–H groups in total. The van der Waals surface area contributed by atoms with E-state index in [0.717, 1.165) is 26.1 Å². The van der Waals surface area contributed by atoms with Crippen LogP contribution >= 0.6 is 0 Å². The number of hydrogen-bond acceptors (Lipinski definition) is 5. The van der Waals surface area contributed by atoms with Crippen LogP contribution in [0.3, 0.4) is 0 Å². The molecule has 0 saturated carbocycles. The lowest BCUT2D eigenvalue weighted by atomic mass is 9.79. The Labute approximate surface area is 234 Å². The molecule has 8 heteroatoms. The molecule has 0 radical (unpaired) electrons. The molecule has 2 saturated heterocycles. The van der Waals surface area contributed by atoms with Crippen LogP contribution in [-0.4, -0.2) is 67.1 Å². The predicted molar refractivity (Wildman–Crippen MR) is 155 cm³/mol. The number of aryl methyl sites for hydroxylation is 1. The van der Waals surface area contributed by atoms with E-state index in [1.54, 1.807) is 12.3 Å². The van der Waals surface area contributed by atoms with Crippen LogP contribution in [0.5, 0.6) is 0 Å². The molecule has 2 fully saturated rings. The number of nitrogens with zero attached hydrogens (tertiary/aromatic N) is 4. The Balaban J connectivity index is 1.14. The van der Waals surface area contributed by atoms with E-state index in [9.17, 15) is 14.7 Å². The Hall–Kier alpha value is -3.75. The van der Waals surface area contributed by atoms with Crippen molar-refractivity contribution >= 4 is 16.9 Å². The minimum Gasteiger partial charge on any atom is -0.388 e. The first-order chi connectivity index (χ1) is 19.4. The highest BCUT2D eigenvalue weighted by Gasteiger charge is 2.40. The van der Waals surface area contributed by atoms with Gasteiger partial charge in [-0.25, -0.2) is 4.98 Å². The number of piperidine rings is 2. The lowest BCUT2D eigenvalue weighted by Crippen LogP contribution is -2.53. The number of fused-ring (bicyclic) bond motifs is 1. The van der Waals surface area contributed by atoms with Crippen molar-refractivity contribution < 1.29 is 9.90 Å². The Morgan fingerprint density at radius 2 is 1.80 bits per heavy atom. The summed E-state index contributed by atoms with van der Waals surface area (Å²) in [5.74, 6) is 0.202. The number of aromatic amines is 1. The number of aromatic nitrogens is 3. The van der Waals surface area contributed by atoms with Crippen LogP contribution in [0.1, 0.15) is 41.9 Å². The summed E-state index contributed by atoms with van der Waals surface area (Å²) in [6.45, 7) is 5.89. The third kappa shape index (κ3) is 5.33. The van der Waals surface area contributed by atoms with Crippen LogP contribution in [0.4, 0.5) is 0 Å². The third-order valence-corrected chi connectivity index (χ3v) is 8.91. The SMILES string of the molecule is Cc1ccccc1CN1CC[C@@H](C(=O)N2CCC(O)(Cn3cnc4[nH]ccc4c3=O)CC2)[C@H](c2ccccc2)C1. The van der Waals surface area contributed by atoms with Crippen molar-refractivity contribution in [3.05, 3.63) is 100 Å². The van der Waals surface area contributed by atoms with Crippen molar-refractivity contribution in [2.24, 2.45) is 5.92 Å². The summed E-state index contributed by atoms with van der Waals surface area (Å²) < 4.78 is 1.49. The molecule has 4 aromatic rings. The summed E-state index contributed by atoms with van der Waals surface area (Å²) in [6.07, 6.45) is 4.85. The molecule has 2 aliphatic heterocycles. The smallest absolute Gasteiger partial charge is 0.262 e. The molecule has 40 heavy (non-hydrogen) atoms. The van der Waals surface area contributed by atoms with E-state index in [1.807, 2.05) is 11.0 Å². The summed E-state index contributed by atoms with van der Waals surface area (Å²) in [5.41, 5.74) is 3.16. The van der Waals surface area contributed by atoms with E-state index < -0.39 is 5.60 Å². The number of rotatable bonds is 6. The Bertz CT molecular complexity index is 1540. The zero-order valence-corrected chi connectivity index (χ0v) is 23.0. The quantitative estimate of drug-likeness (QED) is 0.390. The highest BCUT2D eigenvalue weighted by atomic mass is 16.3. The molecule has 2 atom stereocenters. The van der Waals surface area contributed by atoms with Crippen molar-refractivity contribution in [2.75, 3.05) is 26.2 Å². The van der Waals surface area contributed by atoms with Gasteiger partial charge in [0, 0.05) is 44.2 Å². The highest BCUT2D eigenvalue weighted by Crippen LogP contribution is 2.36. The van der Waals surface area contributed by atoms with Crippen molar-refractivity contribution in [1.29, 1.82) is 0 Å². The predicted octanol–water partition coefficient (Wildman–Crippen LogP) is 3.69. The average Bonchev–Trinajstić information content (AvgIpc) is 3.46. The first kappa shape index (κ1) is 26.5. The molecule has 1 amide bonds. The van der Waals surface area contributed by atoms with Gasteiger partial charge >= 0.3 is 0 Å². The maximum Gasteiger partial charge on any atom is 0.262 e. The van der Waals surface area contributed by atoms with Gasteiger partial charge in [0.1, 0.15) is 5.65 Å². The van der Waals surface area contributed by atoms with Crippen LogP contribution in [0.25, 0.3) is 11.0 Å². The highest BCUT2D eigenvalue weighted by molar-refractivity contribution is 5.80. The number of hydrogen-bond donors (Lipinski definition) is 2. The summed E-state index contributed by atoms with van der Waals surface area (Å²) in [6, 6.07) is 20.6. The Morgan fingerprint density at radius 1 is 1.05 bits per heavy atom. The summed E-state index contributed by atoms with van der Waals surface area (Å²) in [7, 11) is 0. The molecule has 0 spiro atoms. The largest absolute Gasteiger partial charge is 0.388 e. The lowest BCUT2D eigenvalue weighted by Gasteiger charge is -2.43.